The van der Waals surface area contributed by atoms with Crippen LogP contribution in [0.4, 0.5) is 0 Å². The van der Waals surface area contributed by atoms with E-state index < -0.39 is 0 Å². The van der Waals surface area contributed by atoms with Crippen LogP contribution in [0.5, 0.6) is 0 Å². The van der Waals surface area contributed by atoms with E-state index in [2.05, 4.69) is 27.3 Å². The molecule has 2 unspecified atom stereocenters. The van der Waals surface area contributed by atoms with Crippen LogP contribution in [0.1, 0.15) is 37.5 Å². The molecule has 0 aromatic carbocycles. The van der Waals surface area contributed by atoms with Crippen LogP contribution >= 0.6 is 0 Å². The third-order valence-corrected chi connectivity index (χ3v) is 3.30. The van der Waals surface area contributed by atoms with Crippen molar-refractivity contribution < 1.29 is 4.52 Å². The second-order valence-electron chi connectivity index (χ2n) is 5.15. The summed E-state index contributed by atoms with van der Waals surface area (Å²) in [5.41, 5.74) is 0. The Bertz CT molecular complexity index is 350. The van der Waals surface area contributed by atoms with Crippen LogP contribution in [-0.4, -0.2) is 42.2 Å². The number of nitrogens with zero attached hydrogens (tertiary/aromatic N) is 3. The molecule has 0 bridgehead atoms. The Labute approximate surface area is 103 Å². The third kappa shape index (κ3) is 3.26. The molecular weight excluding hydrogens is 216 g/mol. The molecule has 0 saturated carbocycles. The van der Waals surface area contributed by atoms with Crippen LogP contribution in [0.25, 0.3) is 0 Å². The van der Waals surface area contributed by atoms with Crippen LogP contribution in [0.3, 0.4) is 0 Å². The van der Waals surface area contributed by atoms with Gasteiger partial charge in [-0.25, -0.2) is 0 Å². The molecule has 96 valence electrons. The normalized spacial score (nSPS) is 25.4. The summed E-state index contributed by atoms with van der Waals surface area (Å²) in [7, 11) is 4.09. The Morgan fingerprint density at radius 2 is 2.29 bits per heavy atom. The number of rotatable bonds is 4. The van der Waals surface area contributed by atoms with Crippen molar-refractivity contribution in [3.8, 4) is 0 Å². The number of piperidine rings is 1. The van der Waals surface area contributed by atoms with Gasteiger partial charge in [-0.2, -0.15) is 4.98 Å². The quantitative estimate of drug-likeness (QED) is 0.855. The van der Waals surface area contributed by atoms with Crippen LogP contribution in [-0.2, 0) is 6.42 Å². The van der Waals surface area contributed by atoms with Gasteiger partial charge in [-0.05, 0) is 39.4 Å². The van der Waals surface area contributed by atoms with Gasteiger partial charge in [-0.1, -0.05) is 12.1 Å². The lowest BCUT2D eigenvalue weighted by Gasteiger charge is -2.26. The molecule has 2 rings (SSSR count). The fourth-order valence-corrected chi connectivity index (χ4v) is 2.20. The molecular formula is C12H22N4O. The third-order valence-electron chi connectivity index (χ3n) is 3.30. The van der Waals surface area contributed by atoms with Gasteiger partial charge < -0.3 is 14.7 Å². The van der Waals surface area contributed by atoms with Crippen molar-refractivity contribution in [1.29, 1.82) is 0 Å². The zero-order valence-corrected chi connectivity index (χ0v) is 10.9. The summed E-state index contributed by atoms with van der Waals surface area (Å²) in [5, 5.41) is 7.50. The van der Waals surface area contributed by atoms with E-state index in [0.717, 1.165) is 31.2 Å². The molecule has 2 atom stereocenters. The van der Waals surface area contributed by atoms with Gasteiger partial charge in [-0.3, -0.25) is 0 Å². The average Bonchev–Trinajstić information content (AvgIpc) is 2.75. The van der Waals surface area contributed by atoms with Crippen LogP contribution in [0.2, 0.25) is 0 Å². The van der Waals surface area contributed by atoms with Gasteiger partial charge in [-0.15, -0.1) is 0 Å². The number of hydrogen-bond donors (Lipinski definition) is 1. The molecule has 0 radical (unpaired) electrons. The predicted octanol–water partition coefficient (Wildman–Crippen LogP) is 1.23. The number of aromatic nitrogens is 2. The molecule has 2 heterocycles. The second kappa shape index (κ2) is 5.60. The summed E-state index contributed by atoms with van der Waals surface area (Å²) in [5.74, 6) is 2.14. The minimum absolute atomic E-state index is 0.240. The predicted molar refractivity (Wildman–Crippen MR) is 65.7 cm³/mol. The maximum absolute atomic E-state index is 5.36. The van der Waals surface area contributed by atoms with E-state index in [-0.39, 0.29) is 6.04 Å². The van der Waals surface area contributed by atoms with Crippen molar-refractivity contribution in [2.24, 2.45) is 5.92 Å². The fraction of sp³-hybridized carbons (Fsp3) is 0.833. The van der Waals surface area contributed by atoms with Crippen molar-refractivity contribution in [2.75, 3.05) is 27.2 Å². The van der Waals surface area contributed by atoms with E-state index >= 15 is 0 Å². The average molecular weight is 238 g/mol. The van der Waals surface area contributed by atoms with E-state index in [1.54, 1.807) is 0 Å². The highest BCUT2D eigenvalue weighted by Crippen LogP contribution is 2.27. The Morgan fingerprint density at radius 3 is 3.00 bits per heavy atom. The molecule has 5 heteroatoms. The van der Waals surface area contributed by atoms with Crippen molar-refractivity contribution in [3.63, 3.8) is 0 Å². The molecule has 0 amide bonds. The Morgan fingerprint density at radius 1 is 1.47 bits per heavy atom. The van der Waals surface area contributed by atoms with Crippen molar-refractivity contribution >= 4 is 0 Å². The van der Waals surface area contributed by atoms with Gasteiger partial charge >= 0.3 is 0 Å². The molecule has 5 nitrogen and oxygen atoms in total. The van der Waals surface area contributed by atoms with Gasteiger partial charge in [0.05, 0.1) is 6.04 Å². The lowest BCUT2D eigenvalue weighted by Crippen LogP contribution is -2.33. The first-order chi connectivity index (χ1) is 8.16. The molecule has 17 heavy (non-hydrogen) atoms. The molecule has 1 saturated heterocycles. The van der Waals surface area contributed by atoms with E-state index in [9.17, 15) is 0 Å². The zero-order chi connectivity index (χ0) is 12.3. The van der Waals surface area contributed by atoms with Crippen molar-refractivity contribution in [2.45, 2.75) is 32.2 Å². The molecule has 1 aromatic rings. The topological polar surface area (TPSA) is 54.2 Å². The van der Waals surface area contributed by atoms with Crippen molar-refractivity contribution in [1.82, 2.24) is 20.4 Å². The largest absolute Gasteiger partial charge is 0.338 e. The van der Waals surface area contributed by atoms with E-state index in [1.807, 2.05) is 14.1 Å². The molecule has 1 aromatic heterocycles. The highest BCUT2D eigenvalue weighted by Gasteiger charge is 2.27. The van der Waals surface area contributed by atoms with Gasteiger partial charge in [0.25, 0.3) is 0 Å². The first-order valence-electron chi connectivity index (χ1n) is 6.37. The molecule has 0 spiro atoms. The highest BCUT2D eigenvalue weighted by molar-refractivity contribution is 4.97. The van der Waals surface area contributed by atoms with E-state index in [1.165, 1.54) is 12.8 Å². The Kier molecular flexibility index (Phi) is 4.12. The van der Waals surface area contributed by atoms with Crippen LogP contribution in [0, 0.1) is 5.92 Å². The Hall–Kier alpha value is -0.940. The molecule has 1 fully saturated rings. The van der Waals surface area contributed by atoms with Gasteiger partial charge in [0.2, 0.25) is 5.89 Å². The maximum atomic E-state index is 5.36. The minimum atomic E-state index is 0.240. The first kappa shape index (κ1) is 12.5. The summed E-state index contributed by atoms with van der Waals surface area (Å²) < 4.78 is 5.36. The molecule has 1 aliphatic heterocycles. The molecule has 1 aliphatic rings. The van der Waals surface area contributed by atoms with Crippen LogP contribution < -0.4 is 5.32 Å². The van der Waals surface area contributed by atoms with E-state index in [4.69, 9.17) is 4.52 Å². The summed E-state index contributed by atoms with van der Waals surface area (Å²) in [6.45, 7) is 4.23. The van der Waals surface area contributed by atoms with Gasteiger partial charge in [0, 0.05) is 13.0 Å². The smallest absolute Gasteiger partial charge is 0.244 e. The molecule has 1 N–H and O–H groups in total. The zero-order valence-electron chi connectivity index (χ0n) is 10.9. The summed E-state index contributed by atoms with van der Waals surface area (Å²) >= 11 is 0. The van der Waals surface area contributed by atoms with Crippen LogP contribution in [0.15, 0.2) is 4.52 Å². The Balaban J connectivity index is 1.97. The van der Waals surface area contributed by atoms with Gasteiger partial charge in [0.15, 0.2) is 5.82 Å². The second-order valence-corrected chi connectivity index (χ2v) is 5.15. The fourth-order valence-electron chi connectivity index (χ4n) is 2.20. The maximum Gasteiger partial charge on any atom is 0.244 e. The number of likely N-dealkylation sites (N-methyl/N-ethyl adjacent to an activating group) is 1. The lowest BCUT2D eigenvalue weighted by molar-refractivity contribution is 0.238. The minimum Gasteiger partial charge on any atom is -0.338 e. The first-order valence-corrected chi connectivity index (χ1v) is 6.37. The number of hydrogen-bond acceptors (Lipinski definition) is 5. The monoisotopic (exact) mass is 238 g/mol. The molecule has 0 aliphatic carbocycles. The summed E-state index contributed by atoms with van der Waals surface area (Å²) in [6.07, 6.45) is 3.31. The van der Waals surface area contributed by atoms with E-state index in [0.29, 0.717) is 5.92 Å². The standard InChI is InChI=1S/C12H22N4O/c1-9-5-4-7-13-11(9)12-14-10(15-17-12)6-8-16(2)3/h9,11,13H,4-8H2,1-3H3. The number of nitrogens with one attached hydrogen (secondary N) is 1. The lowest BCUT2D eigenvalue weighted by atomic mass is 9.93. The van der Waals surface area contributed by atoms with Crippen molar-refractivity contribution in [3.05, 3.63) is 11.7 Å². The van der Waals surface area contributed by atoms with Gasteiger partial charge in [0.1, 0.15) is 0 Å². The summed E-state index contributed by atoms with van der Waals surface area (Å²) in [4.78, 5) is 6.61. The highest BCUT2D eigenvalue weighted by atomic mass is 16.5. The SMILES string of the molecule is CC1CCCNC1c1nc(CCN(C)C)no1. The summed E-state index contributed by atoms with van der Waals surface area (Å²) in [6, 6.07) is 0.240.